The average molecular weight is 447 g/mol. The van der Waals surface area contributed by atoms with Crippen molar-refractivity contribution >= 4 is 17.8 Å². The van der Waals surface area contributed by atoms with Gasteiger partial charge in [-0.05, 0) is 56.9 Å². The molecule has 0 spiro atoms. The third-order valence-electron chi connectivity index (χ3n) is 5.81. The van der Waals surface area contributed by atoms with Crippen LogP contribution >= 0.6 is 0 Å². The zero-order valence-electron chi connectivity index (χ0n) is 19.8. The van der Waals surface area contributed by atoms with E-state index < -0.39 is 24.1 Å². The summed E-state index contributed by atoms with van der Waals surface area (Å²) in [5, 5.41) is 3.28. The Bertz CT molecular complexity index is 737. The van der Waals surface area contributed by atoms with Gasteiger partial charge in [-0.15, -0.1) is 0 Å². The van der Waals surface area contributed by atoms with Gasteiger partial charge in [0, 0.05) is 6.54 Å². The molecule has 2 rings (SSSR count). The van der Waals surface area contributed by atoms with Crippen molar-refractivity contribution in [1.82, 2.24) is 10.2 Å². The molecule has 0 bridgehead atoms. The lowest BCUT2D eigenvalue weighted by Crippen LogP contribution is -2.55. The number of esters is 2. The minimum atomic E-state index is -0.611. The van der Waals surface area contributed by atoms with E-state index in [2.05, 4.69) is 5.32 Å². The molecule has 7 nitrogen and oxygen atoms in total. The molecule has 1 heterocycles. The Hall–Kier alpha value is -2.41. The number of methoxy groups -OCH3 is 1. The second kappa shape index (κ2) is 13.2. The summed E-state index contributed by atoms with van der Waals surface area (Å²) >= 11 is 0. The first-order valence-corrected chi connectivity index (χ1v) is 11.7. The van der Waals surface area contributed by atoms with Crippen molar-refractivity contribution in [3.8, 4) is 0 Å². The molecule has 1 aliphatic rings. The quantitative estimate of drug-likeness (QED) is 0.526. The fourth-order valence-electron chi connectivity index (χ4n) is 4.17. The van der Waals surface area contributed by atoms with Crippen LogP contribution in [0.25, 0.3) is 0 Å². The molecule has 0 saturated carbocycles. The second-order valence-electron chi connectivity index (χ2n) is 8.74. The maximum Gasteiger partial charge on any atom is 0.328 e. The highest BCUT2D eigenvalue weighted by Crippen LogP contribution is 2.21. The molecule has 178 valence electrons. The summed E-state index contributed by atoms with van der Waals surface area (Å²) < 4.78 is 10.3. The number of nitrogens with one attached hydrogen (secondary N) is 1. The summed E-state index contributed by atoms with van der Waals surface area (Å²) in [7, 11) is 1.36. The van der Waals surface area contributed by atoms with E-state index in [-0.39, 0.29) is 24.4 Å². The number of amides is 1. The number of carbonyl (C=O) groups is 3. The summed E-state index contributed by atoms with van der Waals surface area (Å²) in [6, 6.07) is 8.19. The van der Waals surface area contributed by atoms with Crippen molar-refractivity contribution < 1.29 is 23.9 Å². The number of aryl methyl sites for hydroxylation is 1. The molecule has 3 atom stereocenters. The Balaban J connectivity index is 2.17. The fraction of sp³-hybridized carbons (Fsp3) is 0.640. The van der Waals surface area contributed by atoms with Gasteiger partial charge >= 0.3 is 11.9 Å². The maximum absolute atomic E-state index is 13.5. The van der Waals surface area contributed by atoms with Crippen LogP contribution in [0.15, 0.2) is 30.3 Å². The number of hydrogen-bond acceptors (Lipinski definition) is 6. The average Bonchev–Trinajstić information content (AvgIpc) is 2.96. The molecule has 0 radical (unpaired) electrons. The largest absolute Gasteiger partial charge is 0.467 e. The van der Waals surface area contributed by atoms with Crippen molar-refractivity contribution in [2.45, 2.75) is 77.4 Å². The highest BCUT2D eigenvalue weighted by Gasteiger charge is 2.37. The first-order valence-electron chi connectivity index (χ1n) is 11.7. The molecule has 1 aliphatic heterocycles. The van der Waals surface area contributed by atoms with Gasteiger partial charge in [-0.25, -0.2) is 4.79 Å². The molecule has 7 heteroatoms. The number of likely N-dealkylation sites (tertiary alicyclic amines) is 1. The molecule has 1 amide bonds. The minimum absolute atomic E-state index is 0.146. The van der Waals surface area contributed by atoms with Gasteiger partial charge in [-0.1, -0.05) is 44.2 Å². The zero-order valence-corrected chi connectivity index (χ0v) is 19.8. The fourth-order valence-corrected chi connectivity index (χ4v) is 4.17. The molecule has 1 aromatic carbocycles. The standard InChI is InChI=1S/C25H38N2O5/c1-5-32-24(29)21(15-14-19-11-7-6-8-12-19)26-20-13-9-10-16-27(23(20)28)22(17-18(2)3)25(30)31-4/h6-8,11-12,18,20-22,26H,5,9-10,13-17H2,1-4H3/t20-,21-,22-/m0/s1. The van der Waals surface area contributed by atoms with E-state index in [0.29, 0.717) is 32.2 Å². The number of benzene rings is 1. The van der Waals surface area contributed by atoms with Crippen molar-refractivity contribution in [2.75, 3.05) is 20.3 Å². The van der Waals surface area contributed by atoms with Crippen molar-refractivity contribution in [1.29, 1.82) is 0 Å². The van der Waals surface area contributed by atoms with Gasteiger partial charge in [-0.3, -0.25) is 14.9 Å². The van der Waals surface area contributed by atoms with Crippen LogP contribution in [0, 0.1) is 5.92 Å². The Morgan fingerprint density at radius 3 is 2.50 bits per heavy atom. The Kier molecular flexibility index (Phi) is 10.7. The SMILES string of the molecule is CCOC(=O)[C@H](CCc1ccccc1)N[C@H]1CCCCN([C@@H](CC(C)C)C(=O)OC)C1=O. The lowest BCUT2D eigenvalue weighted by atomic mass is 10.0. The zero-order chi connectivity index (χ0) is 23.5. The monoisotopic (exact) mass is 446 g/mol. The van der Waals surface area contributed by atoms with Crippen LogP contribution in [0.2, 0.25) is 0 Å². The normalized spacial score (nSPS) is 18.7. The van der Waals surface area contributed by atoms with E-state index in [9.17, 15) is 14.4 Å². The van der Waals surface area contributed by atoms with Crippen LogP contribution in [-0.2, 0) is 30.3 Å². The van der Waals surface area contributed by atoms with Crippen molar-refractivity contribution in [2.24, 2.45) is 5.92 Å². The molecule has 1 fully saturated rings. The van der Waals surface area contributed by atoms with Crippen LogP contribution in [0.4, 0.5) is 0 Å². The van der Waals surface area contributed by atoms with E-state index >= 15 is 0 Å². The van der Waals surface area contributed by atoms with E-state index in [1.54, 1.807) is 11.8 Å². The van der Waals surface area contributed by atoms with E-state index in [0.717, 1.165) is 18.4 Å². The Morgan fingerprint density at radius 2 is 1.88 bits per heavy atom. The number of ether oxygens (including phenoxy) is 2. The van der Waals surface area contributed by atoms with Crippen LogP contribution in [0.3, 0.4) is 0 Å². The second-order valence-corrected chi connectivity index (χ2v) is 8.74. The third kappa shape index (κ3) is 7.62. The predicted molar refractivity (Wildman–Crippen MR) is 123 cm³/mol. The smallest absolute Gasteiger partial charge is 0.328 e. The lowest BCUT2D eigenvalue weighted by Gasteiger charge is -2.33. The van der Waals surface area contributed by atoms with E-state index in [4.69, 9.17) is 9.47 Å². The summed E-state index contributed by atoms with van der Waals surface area (Å²) in [4.78, 5) is 40.3. The number of carbonyl (C=O) groups excluding carboxylic acids is 3. The van der Waals surface area contributed by atoms with E-state index in [1.165, 1.54) is 7.11 Å². The topological polar surface area (TPSA) is 84.9 Å². The molecule has 32 heavy (non-hydrogen) atoms. The van der Waals surface area contributed by atoms with Crippen LogP contribution in [0.5, 0.6) is 0 Å². The van der Waals surface area contributed by atoms with Crippen molar-refractivity contribution in [3.05, 3.63) is 35.9 Å². The Labute approximate surface area is 191 Å². The molecule has 0 unspecified atom stereocenters. The van der Waals surface area contributed by atoms with Crippen LogP contribution in [0.1, 0.15) is 58.4 Å². The van der Waals surface area contributed by atoms with E-state index in [1.807, 2.05) is 44.2 Å². The highest BCUT2D eigenvalue weighted by molar-refractivity contribution is 5.88. The summed E-state index contributed by atoms with van der Waals surface area (Å²) in [5.74, 6) is -0.648. The molecular formula is C25H38N2O5. The van der Waals surface area contributed by atoms with Gasteiger partial charge in [0.25, 0.3) is 0 Å². The molecule has 1 saturated heterocycles. The maximum atomic E-state index is 13.5. The molecule has 1 aromatic rings. The van der Waals surface area contributed by atoms with Gasteiger partial charge in [0.15, 0.2) is 0 Å². The minimum Gasteiger partial charge on any atom is -0.467 e. The van der Waals surface area contributed by atoms with Gasteiger partial charge in [0.1, 0.15) is 12.1 Å². The third-order valence-corrected chi connectivity index (χ3v) is 5.81. The molecule has 1 N–H and O–H groups in total. The van der Waals surface area contributed by atoms with Gasteiger partial charge in [0.2, 0.25) is 5.91 Å². The molecule has 0 aliphatic carbocycles. The highest BCUT2D eigenvalue weighted by atomic mass is 16.5. The summed E-state index contributed by atoms with van der Waals surface area (Å²) in [5.41, 5.74) is 1.13. The molecular weight excluding hydrogens is 408 g/mol. The summed E-state index contributed by atoms with van der Waals surface area (Å²) in [6.07, 6.45) is 4.03. The van der Waals surface area contributed by atoms with Crippen molar-refractivity contribution in [3.63, 3.8) is 0 Å². The number of rotatable bonds is 11. The summed E-state index contributed by atoms with van der Waals surface area (Å²) in [6.45, 7) is 6.61. The lowest BCUT2D eigenvalue weighted by molar-refractivity contribution is -0.154. The van der Waals surface area contributed by atoms with Gasteiger partial charge in [-0.2, -0.15) is 0 Å². The van der Waals surface area contributed by atoms with Gasteiger partial charge in [0.05, 0.1) is 19.8 Å². The first kappa shape index (κ1) is 25.8. The molecule has 0 aromatic heterocycles. The first-order chi connectivity index (χ1) is 15.4. The number of hydrogen-bond donors (Lipinski definition) is 1. The predicted octanol–water partition coefficient (Wildman–Crippen LogP) is 3.11. The van der Waals surface area contributed by atoms with Crippen LogP contribution < -0.4 is 5.32 Å². The Morgan fingerprint density at radius 1 is 1.16 bits per heavy atom. The van der Waals surface area contributed by atoms with Crippen LogP contribution in [-0.4, -0.2) is 61.1 Å². The number of nitrogens with zero attached hydrogens (tertiary/aromatic N) is 1. The van der Waals surface area contributed by atoms with Gasteiger partial charge < -0.3 is 14.4 Å².